The Morgan fingerprint density at radius 1 is 1.62 bits per heavy atom. The summed E-state index contributed by atoms with van der Waals surface area (Å²) in [5, 5.41) is 18.8. The molecule has 1 aromatic heterocycles. The average Bonchev–Trinajstić information content (AvgIpc) is 2.53. The lowest BCUT2D eigenvalue weighted by Crippen LogP contribution is -1.80. The summed E-state index contributed by atoms with van der Waals surface area (Å²) >= 11 is 1.04. The van der Waals surface area contributed by atoms with Crippen molar-refractivity contribution in [2.75, 3.05) is 6.61 Å². The molecule has 4 nitrogen and oxygen atoms in total. The van der Waals surface area contributed by atoms with Crippen molar-refractivity contribution in [1.82, 2.24) is 0 Å². The quantitative estimate of drug-likeness (QED) is 0.442. The highest BCUT2D eigenvalue weighted by atomic mass is 32.1. The lowest BCUT2D eigenvalue weighted by atomic mass is 10.4. The van der Waals surface area contributed by atoms with E-state index in [1.165, 1.54) is 6.07 Å². The SMILES string of the molecule is O=[N+]([O-])c1ccc(C#CCCO)s1. The van der Waals surface area contributed by atoms with Crippen molar-refractivity contribution in [1.29, 1.82) is 0 Å². The van der Waals surface area contributed by atoms with Gasteiger partial charge in [0.25, 0.3) is 0 Å². The van der Waals surface area contributed by atoms with Gasteiger partial charge in [-0.25, -0.2) is 0 Å². The van der Waals surface area contributed by atoms with E-state index in [0.29, 0.717) is 11.3 Å². The third-order valence-electron chi connectivity index (χ3n) is 1.22. The first-order chi connectivity index (χ1) is 6.24. The highest BCUT2D eigenvalue weighted by Crippen LogP contribution is 2.22. The fraction of sp³-hybridized carbons (Fsp3) is 0.250. The van der Waals surface area contributed by atoms with E-state index >= 15 is 0 Å². The molecule has 0 aliphatic heterocycles. The van der Waals surface area contributed by atoms with Crippen molar-refractivity contribution in [3.05, 3.63) is 27.1 Å². The van der Waals surface area contributed by atoms with Crippen LogP contribution in [0.4, 0.5) is 5.00 Å². The van der Waals surface area contributed by atoms with Crippen LogP contribution in [0.25, 0.3) is 0 Å². The monoisotopic (exact) mass is 197 g/mol. The molecule has 0 spiro atoms. The molecular weight excluding hydrogens is 190 g/mol. The van der Waals surface area contributed by atoms with Gasteiger partial charge >= 0.3 is 5.00 Å². The average molecular weight is 197 g/mol. The van der Waals surface area contributed by atoms with Crippen LogP contribution in [-0.2, 0) is 0 Å². The summed E-state index contributed by atoms with van der Waals surface area (Å²) in [7, 11) is 0. The fourth-order valence-corrected chi connectivity index (χ4v) is 1.39. The summed E-state index contributed by atoms with van der Waals surface area (Å²) in [4.78, 5) is 10.5. The molecule has 0 fully saturated rings. The van der Waals surface area contributed by atoms with Crippen LogP contribution in [0.15, 0.2) is 12.1 Å². The van der Waals surface area contributed by atoms with Crippen LogP contribution in [0.5, 0.6) is 0 Å². The second-order valence-corrected chi connectivity index (χ2v) is 3.23. The van der Waals surface area contributed by atoms with Crippen LogP contribution >= 0.6 is 11.3 Å². The number of aliphatic hydroxyl groups is 1. The molecule has 0 atom stereocenters. The summed E-state index contributed by atoms with van der Waals surface area (Å²) in [5.74, 6) is 5.42. The lowest BCUT2D eigenvalue weighted by molar-refractivity contribution is -0.380. The molecule has 0 unspecified atom stereocenters. The predicted molar refractivity (Wildman–Crippen MR) is 49.6 cm³/mol. The Morgan fingerprint density at radius 2 is 2.38 bits per heavy atom. The fourth-order valence-electron chi connectivity index (χ4n) is 0.698. The zero-order valence-electron chi connectivity index (χ0n) is 6.69. The molecule has 0 aliphatic carbocycles. The van der Waals surface area contributed by atoms with Gasteiger partial charge in [-0.05, 0) is 6.07 Å². The predicted octanol–water partition coefficient (Wildman–Crippen LogP) is 1.39. The first-order valence-electron chi connectivity index (χ1n) is 3.58. The van der Waals surface area contributed by atoms with E-state index in [4.69, 9.17) is 5.11 Å². The van der Waals surface area contributed by atoms with Gasteiger partial charge in [0.2, 0.25) is 0 Å². The van der Waals surface area contributed by atoms with Crippen molar-refractivity contribution >= 4 is 16.3 Å². The molecule has 13 heavy (non-hydrogen) atoms. The largest absolute Gasteiger partial charge is 0.395 e. The zero-order chi connectivity index (χ0) is 9.68. The maximum absolute atomic E-state index is 10.3. The van der Waals surface area contributed by atoms with E-state index < -0.39 is 4.92 Å². The first-order valence-corrected chi connectivity index (χ1v) is 4.39. The molecule has 1 aromatic rings. The maximum atomic E-state index is 10.3. The molecule has 0 amide bonds. The molecule has 5 heteroatoms. The van der Waals surface area contributed by atoms with Crippen molar-refractivity contribution in [2.45, 2.75) is 6.42 Å². The molecule has 1 rings (SSSR count). The van der Waals surface area contributed by atoms with Crippen LogP contribution in [0.2, 0.25) is 0 Å². The third kappa shape index (κ3) is 2.86. The van der Waals surface area contributed by atoms with Crippen LogP contribution in [0.1, 0.15) is 11.3 Å². The van der Waals surface area contributed by atoms with Crippen LogP contribution in [0.3, 0.4) is 0 Å². The molecule has 0 saturated carbocycles. The third-order valence-corrected chi connectivity index (χ3v) is 2.17. The van der Waals surface area contributed by atoms with Crippen LogP contribution in [-0.4, -0.2) is 16.6 Å². The minimum Gasteiger partial charge on any atom is -0.395 e. The Hall–Kier alpha value is -1.38. The summed E-state index contributed by atoms with van der Waals surface area (Å²) in [6, 6.07) is 3.03. The Morgan fingerprint density at radius 3 is 2.92 bits per heavy atom. The van der Waals surface area contributed by atoms with E-state index in [1.807, 2.05) is 0 Å². The van der Waals surface area contributed by atoms with Gasteiger partial charge in [-0.2, -0.15) is 0 Å². The number of hydrogen-bond acceptors (Lipinski definition) is 4. The van der Waals surface area contributed by atoms with Gasteiger partial charge in [-0.1, -0.05) is 23.2 Å². The Kier molecular flexibility index (Phi) is 3.43. The van der Waals surface area contributed by atoms with E-state index in [1.54, 1.807) is 6.07 Å². The van der Waals surface area contributed by atoms with Gasteiger partial charge in [0, 0.05) is 12.5 Å². The van der Waals surface area contributed by atoms with Crippen molar-refractivity contribution < 1.29 is 10.0 Å². The van der Waals surface area contributed by atoms with E-state index in [0.717, 1.165) is 11.3 Å². The Labute approximate surface area is 79.0 Å². The lowest BCUT2D eigenvalue weighted by Gasteiger charge is -1.79. The van der Waals surface area contributed by atoms with Gasteiger partial charge < -0.3 is 5.11 Å². The maximum Gasteiger partial charge on any atom is 0.325 e. The molecule has 1 heterocycles. The molecule has 1 N–H and O–H groups in total. The van der Waals surface area contributed by atoms with E-state index in [2.05, 4.69) is 11.8 Å². The summed E-state index contributed by atoms with van der Waals surface area (Å²) in [6.07, 6.45) is 0.395. The standard InChI is InChI=1S/C8H7NO3S/c10-6-2-1-3-7-4-5-8(13-7)9(11)12/h4-5,10H,2,6H2. The highest BCUT2D eigenvalue weighted by Gasteiger charge is 2.07. The van der Waals surface area contributed by atoms with Gasteiger partial charge in [0.05, 0.1) is 16.4 Å². The molecule has 68 valence electrons. The Bertz CT molecular complexity index is 361. The topological polar surface area (TPSA) is 63.4 Å². The minimum absolute atomic E-state index is 0.0144. The number of aliphatic hydroxyl groups excluding tert-OH is 1. The van der Waals surface area contributed by atoms with Crippen molar-refractivity contribution in [3.63, 3.8) is 0 Å². The Balaban J connectivity index is 2.71. The molecule has 0 saturated heterocycles. The van der Waals surface area contributed by atoms with Gasteiger partial charge in [-0.3, -0.25) is 10.1 Å². The first kappa shape index (κ1) is 9.71. The van der Waals surface area contributed by atoms with E-state index in [9.17, 15) is 10.1 Å². The summed E-state index contributed by atoms with van der Waals surface area (Å²) in [5.41, 5.74) is 0. The number of nitrogens with zero attached hydrogens (tertiary/aromatic N) is 1. The number of thiophene rings is 1. The molecular formula is C8H7NO3S. The normalized spacial score (nSPS) is 9.00. The molecule has 0 aromatic carbocycles. The van der Waals surface area contributed by atoms with Crippen molar-refractivity contribution in [2.24, 2.45) is 0 Å². The highest BCUT2D eigenvalue weighted by molar-refractivity contribution is 7.15. The smallest absolute Gasteiger partial charge is 0.325 e. The molecule has 0 aliphatic rings. The van der Waals surface area contributed by atoms with Crippen LogP contribution in [0, 0.1) is 22.0 Å². The van der Waals surface area contributed by atoms with Gasteiger partial charge in [0.15, 0.2) is 0 Å². The second kappa shape index (κ2) is 4.60. The number of hydrogen-bond donors (Lipinski definition) is 1. The summed E-state index contributed by atoms with van der Waals surface area (Å²) in [6.45, 7) is 0.0144. The number of nitro groups is 1. The van der Waals surface area contributed by atoms with Gasteiger partial charge in [-0.15, -0.1) is 0 Å². The minimum atomic E-state index is -0.443. The molecule has 0 bridgehead atoms. The van der Waals surface area contributed by atoms with Crippen molar-refractivity contribution in [3.8, 4) is 11.8 Å². The zero-order valence-corrected chi connectivity index (χ0v) is 7.50. The number of rotatable bonds is 2. The second-order valence-electron chi connectivity index (χ2n) is 2.17. The summed E-state index contributed by atoms with van der Waals surface area (Å²) < 4.78 is 0. The van der Waals surface area contributed by atoms with E-state index in [-0.39, 0.29) is 11.6 Å². The molecule has 0 radical (unpaired) electrons. The van der Waals surface area contributed by atoms with Crippen LogP contribution < -0.4 is 0 Å². The van der Waals surface area contributed by atoms with Gasteiger partial charge in [0.1, 0.15) is 0 Å².